The largest absolute Gasteiger partial charge is 0.423 e. The third kappa shape index (κ3) is 5.97. The minimum atomic E-state index is -0.706. The van der Waals surface area contributed by atoms with Crippen molar-refractivity contribution in [3.05, 3.63) is 95.6 Å². The number of carbonyl (C=O) groups excluding carboxylic acids is 2. The van der Waals surface area contributed by atoms with Crippen LogP contribution in [0.25, 0.3) is 11.5 Å². The first kappa shape index (κ1) is 22.2. The molecule has 0 spiro atoms. The maximum absolute atomic E-state index is 13.0. The number of hydrogen-bond donors (Lipinski definition) is 2. The van der Waals surface area contributed by atoms with Gasteiger partial charge in [-0.2, -0.15) is 0 Å². The lowest BCUT2D eigenvalue weighted by molar-refractivity contribution is -0.131. The predicted molar refractivity (Wildman–Crippen MR) is 119 cm³/mol. The van der Waals surface area contributed by atoms with Crippen molar-refractivity contribution in [1.82, 2.24) is 0 Å². The Labute approximate surface area is 175 Å². The van der Waals surface area contributed by atoms with E-state index in [2.05, 4.69) is 0 Å². The first-order valence-corrected chi connectivity index (χ1v) is 9.18. The summed E-state index contributed by atoms with van der Waals surface area (Å²) < 4.78 is 10.7. The third-order valence-electron chi connectivity index (χ3n) is 3.95. The van der Waals surface area contributed by atoms with E-state index in [1.54, 1.807) is 79.8 Å². The molecule has 0 saturated heterocycles. The lowest BCUT2D eigenvalue weighted by Gasteiger charge is -2.13. The number of esters is 1. The van der Waals surface area contributed by atoms with E-state index in [0.717, 1.165) is 0 Å². The number of anilines is 2. The van der Waals surface area contributed by atoms with Crippen LogP contribution in [0.15, 0.2) is 84.5 Å². The lowest BCUT2D eigenvalue weighted by atomic mass is 10.1. The van der Waals surface area contributed by atoms with Crippen LogP contribution in [-0.2, 0) is 19.1 Å². The van der Waals surface area contributed by atoms with Crippen molar-refractivity contribution in [1.29, 1.82) is 0 Å². The van der Waals surface area contributed by atoms with E-state index in [-0.39, 0.29) is 11.3 Å². The van der Waals surface area contributed by atoms with Crippen molar-refractivity contribution in [2.75, 3.05) is 11.5 Å². The highest BCUT2D eigenvalue weighted by Crippen LogP contribution is 2.26. The van der Waals surface area contributed by atoms with Crippen LogP contribution in [0.3, 0.4) is 0 Å². The predicted octanol–water partition coefficient (Wildman–Crippen LogP) is 4.38. The fourth-order valence-corrected chi connectivity index (χ4v) is 2.52. The van der Waals surface area contributed by atoms with Crippen molar-refractivity contribution in [3.63, 3.8) is 0 Å². The van der Waals surface area contributed by atoms with Gasteiger partial charge in [-0.05, 0) is 74.5 Å². The van der Waals surface area contributed by atoms with Crippen LogP contribution in [0, 0.1) is 0 Å². The molecule has 0 atom stereocenters. The summed E-state index contributed by atoms with van der Waals surface area (Å²) in [5.41, 5.74) is 13.8. The zero-order chi connectivity index (χ0) is 21.9. The summed E-state index contributed by atoms with van der Waals surface area (Å²) in [5, 5.41) is 0. The Kier molecular flexibility index (Phi) is 8.20. The van der Waals surface area contributed by atoms with E-state index < -0.39 is 5.97 Å². The summed E-state index contributed by atoms with van der Waals surface area (Å²) in [7, 11) is 0. The minimum Gasteiger partial charge on any atom is -0.422 e. The summed E-state index contributed by atoms with van der Waals surface area (Å²) in [6.45, 7) is 4.96. The van der Waals surface area contributed by atoms with Gasteiger partial charge >= 0.3 is 12.4 Å². The van der Waals surface area contributed by atoms with Gasteiger partial charge in [0.15, 0.2) is 5.76 Å². The van der Waals surface area contributed by atoms with Crippen LogP contribution < -0.4 is 11.5 Å². The van der Waals surface area contributed by atoms with E-state index in [9.17, 15) is 9.59 Å². The third-order valence-corrected chi connectivity index (χ3v) is 3.95. The average molecular weight is 403 g/mol. The Morgan fingerprint density at radius 2 is 1.47 bits per heavy atom. The summed E-state index contributed by atoms with van der Waals surface area (Å²) >= 11 is 0. The second kappa shape index (κ2) is 11.1. The zero-order valence-electron chi connectivity index (χ0n) is 16.8. The summed E-state index contributed by atoms with van der Waals surface area (Å²) in [6, 6.07) is 13.4. The molecule has 0 aromatic heterocycles. The molecule has 2 rings (SSSR count). The molecule has 0 heterocycles. The monoisotopic (exact) mass is 403 g/mol. The molecule has 0 unspecified atom stereocenters. The van der Waals surface area contributed by atoms with Crippen LogP contribution in [0.4, 0.5) is 11.4 Å². The van der Waals surface area contributed by atoms with Gasteiger partial charge in [-0.15, -0.1) is 0 Å². The van der Waals surface area contributed by atoms with E-state index >= 15 is 0 Å². The zero-order valence-corrected chi connectivity index (χ0v) is 16.8. The minimum absolute atomic E-state index is 0.00999. The molecule has 2 aromatic carbocycles. The van der Waals surface area contributed by atoms with Gasteiger partial charge in [0.1, 0.15) is 11.3 Å². The second-order valence-corrected chi connectivity index (χ2v) is 6.12. The highest BCUT2D eigenvalue weighted by Gasteiger charge is 2.20. The fourth-order valence-electron chi connectivity index (χ4n) is 2.52. The second-order valence-electron chi connectivity index (χ2n) is 6.12. The molecule has 0 aliphatic rings. The number of rotatable bonds is 8. The fraction of sp³-hybridized carbons (Fsp3) is 0.0833. The van der Waals surface area contributed by atoms with Gasteiger partial charge in [0.05, 0.1) is 0 Å². The van der Waals surface area contributed by atoms with Gasteiger partial charge in [-0.25, -0.2) is 9.59 Å². The molecule has 153 valence electrons. The van der Waals surface area contributed by atoms with Gasteiger partial charge < -0.3 is 20.9 Å². The van der Waals surface area contributed by atoms with Crippen molar-refractivity contribution in [2.24, 2.45) is 0 Å². The number of nitrogen functional groups attached to an aromatic ring is 2. The molecular formula is C24H23N2O4. The SMILES string of the molecule is C/C=C/C=C(/OC(=O)C(/C=C/C)=C(\O[C]=O)c1ccc(N)cc1)c1ccc(N)cc1. The van der Waals surface area contributed by atoms with Crippen molar-refractivity contribution in [2.45, 2.75) is 13.8 Å². The van der Waals surface area contributed by atoms with E-state index in [0.29, 0.717) is 28.3 Å². The quantitative estimate of drug-likeness (QED) is 0.223. The lowest BCUT2D eigenvalue weighted by Crippen LogP contribution is -2.10. The Morgan fingerprint density at radius 1 is 0.900 bits per heavy atom. The van der Waals surface area contributed by atoms with Crippen LogP contribution in [0.2, 0.25) is 0 Å². The molecule has 0 aliphatic heterocycles. The van der Waals surface area contributed by atoms with Gasteiger partial charge in [-0.3, -0.25) is 0 Å². The summed E-state index contributed by atoms with van der Waals surface area (Å²) in [6.07, 6.45) is 8.35. The number of nitrogens with two attached hydrogens (primary N) is 2. The van der Waals surface area contributed by atoms with Gasteiger partial charge in [0.2, 0.25) is 0 Å². The van der Waals surface area contributed by atoms with Crippen LogP contribution in [-0.4, -0.2) is 12.4 Å². The molecular weight excluding hydrogens is 380 g/mol. The number of benzene rings is 2. The summed E-state index contributed by atoms with van der Waals surface area (Å²) in [5.74, 6) is -0.384. The normalized spacial score (nSPS) is 12.7. The molecule has 2 aromatic rings. The van der Waals surface area contributed by atoms with E-state index in [1.807, 2.05) is 6.92 Å². The average Bonchev–Trinajstić information content (AvgIpc) is 2.75. The number of carbonyl (C=O) groups is 1. The molecule has 0 amide bonds. The Morgan fingerprint density at radius 3 is 1.97 bits per heavy atom. The molecule has 6 heteroatoms. The smallest absolute Gasteiger partial charge is 0.422 e. The molecule has 0 bridgehead atoms. The molecule has 1 radical (unpaired) electrons. The van der Waals surface area contributed by atoms with Crippen molar-refractivity contribution >= 4 is 35.3 Å². The van der Waals surface area contributed by atoms with Crippen LogP contribution in [0.1, 0.15) is 25.0 Å². The molecule has 0 saturated carbocycles. The first-order chi connectivity index (χ1) is 14.5. The number of ether oxygens (including phenoxy) is 2. The molecule has 30 heavy (non-hydrogen) atoms. The van der Waals surface area contributed by atoms with Crippen molar-refractivity contribution < 1.29 is 19.1 Å². The van der Waals surface area contributed by atoms with Gasteiger partial charge in [0.25, 0.3) is 0 Å². The maximum atomic E-state index is 13.0. The van der Waals surface area contributed by atoms with Crippen LogP contribution in [0.5, 0.6) is 0 Å². The standard InChI is InChI=1S/C24H23N2O4/c1-3-5-7-22(17-8-12-19(25)13-9-17)30-24(28)21(6-4-2)23(29-16-27)18-10-14-20(26)15-11-18/h3-15H,25-26H2,1-2H3/b5-3+,6-4+,22-7+,23-21-. The molecule has 6 nitrogen and oxygen atoms in total. The summed E-state index contributed by atoms with van der Waals surface area (Å²) in [4.78, 5) is 24.0. The molecule has 0 aliphatic carbocycles. The number of allylic oxidation sites excluding steroid dienone is 4. The molecule has 0 fully saturated rings. The highest BCUT2D eigenvalue weighted by molar-refractivity contribution is 6.02. The van der Waals surface area contributed by atoms with Crippen LogP contribution >= 0.6 is 0 Å². The Hall–Kier alpha value is -4.06. The Bertz CT molecular complexity index is 999. The van der Waals surface area contributed by atoms with Crippen molar-refractivity contribution in [3.8, 4) is 0 Å². The van der Waals surface area contributed by atoms with E-state index in [4.69, 9.17) is 20.9 Å². The first-order valence-electron chi connectivity index (χ1n) is 9.18. The Balaban J connectivity index is 2.51. The topological polar surface area (TPSA) is 105 Å². The van der Waals surface area contributed by atoms with E-state index in [1.165, 1.54) is 12.5 Å². The highest BCUT2D eigenvalue weighted by atomic mass is 16.5. The van der Waals surface area contributed by atoms with Gasteiger partial charge in [-0.1, -0.05) is 18.2 Å². The van der Waals surface area contributed by atoms with Gasteiger partial charge in [0, 0.05) is 22.5 Å². The number of hydrogen-bond acceptors (Lipinski definition) is 6. The maximum Gasteiger partial charge on any atom is 0.423 e. The molecule has 4 N–H and O–H groups in total.